The van der Waals surface area contributed by atoms with Gasteiger partial charge in [0.1, 0.15) is 12.6 Å². The molecular formula is C25H31ClN4O4S. The standard InChI is InChI=1S/C25H31ClN4O4S/c1-2-29(15-17-4-3-5-17)20(14-27-25(33)21-10-11-22(26)35-21)24(32)28-18-6-8-19(9-7-18)30-12-13-34-16-23(30)31/h6-11,17,20H,2-5,12-16H2,1H3,(H,27,33)(H,28,32)/t20-/m0/s1. The van der Waals surface area contributed by atoms with Crippen LogP contribution in [0.25, 0.3) is 0 Å². The van der Waals surface area contributed by atoms with Gasteiger partial charge in [-0.15, -0.1) is 11.3 Å². The summed E-state index contributed by atoms with van der Waals surface area (Å²) in [6.45, 7) is 4.85. The molecule has 1 aromatic heterocycles. The maximum absolute atomic E-state index is 13.4. The van der Waals surface area contributed by atoms with Gasteiger partial charge in [0.15, 0.2) is 0 Å². The molecule has 8 nitrogen and oxygen atoms in total. The second kappa shape index (κ2) is 12.0. The Bertz CT molecular complexity index is 1040. The van der Waals surface area contributed by atoms with E-state index in [0.717, 1.165) is 12.2 Å². The Kier molecular flexibility index (Phi) is 8.78. The molecule has 10 heteroatoms. The number of nitrogens with one attached hydrogen (secondary N) is 2. The molecule has 1 aliphatic heterocycles. The Labute approximate surface area is 214 Å². The Balaban J connectivity index is 1.43. The lowest BCUT2D eigenvalue weighted by atomic mass is 9.85. The molecule has 1 aromatic carbocycles. The van der Waals surface area contributed by atoms with Gasteiger partial charge in [0.25, 0.3) is 11.8 Å². The molecule has 1 aliphatic carbocycles. The predicted molar refractivity (Wildman–Crippen MR) is 138 cm³/mol. The van der Waals surface area contributed by atoms with Crippen LogP contribution in [0, 0.1) is 5.92 Å². The number of carbonyl (C=O) groups excluding carboxylic acids is 3. The third kappa shape index (κ3) is 6.61. The van der Waals surface area contributed by atoms with E-state index in [0.29, 0.717) is 40.5 Å². The van der Waals surface area contributed by atoms with E-state index in [9.17, 15) is 14.4 Å². The summed E-state index contributed by atoms with van der Waals surface area (Å²) in [6.07, 6.45) is 3.58. The summed E-state index contributed by atoms with van der Waals surface area (Å²) < 4.78 is 5.74. The molecule has 2 aliphatic rings. The highest BCUT2D eigenvalue weighted by molar-refractivity contribution is 7.18. The summed E-state index contributed by atoms with van der Waals surface area (Å²) in [5.41, 5.74) is 1.41. The largest absolute Gasteiger partial charge is 0.370 e. The second-order valence-electron chi connectivity index (χ2n) is 8.85. The first-order valence-corrected chi connectivity index (χ1v) is 13.2. The Morgan fingerprint density at radius 2 is 2.00 bits per heavy atom. The first-order chi connectivity index (χ1) is 16.9. The zero-order chi connectivity index (χ0) is 24.8. The quantitative estimate of drug-likeness (QED) is 0.501. The topological polar surface area (TPSA) is 91.0 Å². The van der Waals surface area contributed by atoms with E-state index in [1.165, 1.54) is 30.6 Å². The van der Waals surface area contributed by atoms with Crippen LogP contribution in [0.3, 0.4) is 0 Å². The second-order valence-corrected chi connectivity index (χ2v) is 10.6. The van der Waals surface area contributed by atoms with E-state index >= 15 is 0 Å². The number of nitrogens with zero attached hydrogens (tertiary/aromatic N) is 2. The van der Waals surface area contributed by atoms with E-state index < -0.39 is 6.04 Å². The number of morpholine rings is 1. The molecule has 2 aromatic rings. The molecule has 2 fully saturated rings. The molecule has 35 heavy (non-hydrogen) atoms. The lowest BCUT2D eigenvalue weighted by Gasteiger charge is -2.36. The van der Waals surface area contributed by atoms with Crippen molar-refractivity contribution >= 4 is 52.0 Å². The average molecular weight is 519 g/mol. The van der Waals surface area contributed by atoms with Gasteiger partial charge in [-0.05, 0) is 61.7 Å². The SMILES string of the molecule is CCN(CC1CCC1)[C@@H](CNC(=O)c1ccc(Cl)s1)C(=O)Nc1ccc(N2CCOCC2=O)cc1. The number of anilines is 2. The minimum Gasteiger partial charge on any atom is -0.370 e. The molecule has 2 heterocycles. The normalized spacial score (nSPS) is 17.2. The number of amides is 3. The lowest BCUT2D eigenvalue weighted by Crippen LogP contribution is -2.52. The molecule has 0 radical (unpaired) electrons. The highest BCUT2D eigenvalue weighted by Crippen LogP contribution is 2.28. The summed E-state index contributed by atoms with van der Waals surface area (Å²) in [5.74, 6) is 0.0951. The molecule has 0 spiro atoms. The van der Waals surface area contributed by atoms with Crippen LogP contribution in [0.15, 0.2) is 36.4 Å². The van der Waals surface area contributed by atoms with Crippen molar-refractivity contribution < 1.29 is 19.1 Å². The number of carbonyl (C=O) groups is 3. The number of hydrogen-bond acceptors (Lipinski definition) is 6. The van der Waals surface area contributed by atoms with Gasteiger partial charge >= 0.3 is 0 Å². The Hall–Kier alpha value is -2.46. The summed E-state index contributed by atoms with van der Waals surface area (Å²) in [4.78, 5) is 42.4. The van der Waals surface area contributed by atoms with Gasteiger partial charge in [-0.2, -0.15) is 0 Å². The summed E-state index contributed by atoms with van der Waals surface area (Å²) in [7, 11) is 0. The van der Waals surface area contributed by atoms with Gasteiger partial charge in [0.05, 0.1) is 15.8 Å². The fourth-order valence-electron chi connectivity index (χ4n) is 4.33. The Morgan fingerprint density at radius 1 is 1.23 bits per heavy atom. The molecule has 1 saturated carbocycles. The third-order valence-corrected chi connectivity index (χ3v) is 7.78. The van der Waals surface area contributed by atoms with Crippen LogP contribution in [-0.2, 0) is 14.3 Å². The maximum Gasteiger partial charge on any atom is 0.261 e. The van der Waals surface area contributed by atoms with Crippen molar-refractivity contribution in [3.8, 4) is 0 Å². The number of halogens is 1. The first kappa shape index (κ1) is 25.6. The maximum atomic E-state index is 13.4. The van der Waals surface area contributed by atoms with Gasteiger partial charge < -0.3 is 20.3 Å². The van der Waals surface area contributed by atoms with Gasteiger partial charge in [-0.1, -0.05) is 24.9 Å². The van der Waals surface area contributed by atoms with Crippen molar-refractivity contribution in [1.82, 2.24) is 10.2 Å². The van der Waals surface area contributed by atoms with Crippen molar-refractivity contribution in [1.29, 1.82) is 0 Å². The van der Waals surface area contributed by atoms with E-state index in [4.69, 9.17) is 16.3 Å². The van der Waals surface area contributed by atoms with Gasteiger partial charge in [-0.25, -0.2) is 0 Å². The van der Waals surface area contributed by atoms with Crippen LogP contribution in [0.2, 0.25) is 4.34 Å². The smallest absolute Gasteiger partial charge is 0.261 e. The average Bonchev–Trinajstić information content (AvgIpc) is 3.27. The van der Waals surface area contributed by atoms with Crippen LogP contribution in [-0.4, -0.2) is 68.1 Å². The molecule has 4 rings (SSSR count). The number of rotatable bonds is 10. The highest BCUT2D eigenvalue weighted by atomic mass is 35.5. The van der Waals surface area contributed by atoms with Crippen molar-refractivity contribution in [2.75, 3.05) is 49.6 Å². The molecule has 3 amide bonds. The number of likely N-dealkylation sites (N-methyl/N-ethyl adjacent to an activating group) is 1. The third-order valence-electron chi connectivity index (χ3n) is 6.55. The van der Waals surface area contributed by atoms with Crippen LogP contribution < -0.4 is 15.5 Å². The number of benzene rings is 1. The molecule has 188 valence electrons. The number of thiophene rings is 1. The predicted octanol–water partition coefficient (Wildman–Crippen LogP) is 3.62. The minimum absolute atomic E-state index is 0.0783. The van der Waals surface area contributed by atoms with Crippen molar-refractivity contribution in [3.63, 3.8) is 0 Å². The van der Waals surface area contributed by atoms with E-state index in [-0.39, 0.29) is 30.9 Å². The van der Waals surface area contributed by atoms with Crippen molar-refractivity contribution in [2.24, 2.45) is 5.92 Å². The number of ether oxygens (including phenoxy) is 1. The van der Waals surface area contributed by atoms with E-state index in [2.05, 4.69) is 15.5 Å². The fourth-order valence-corrected chi connectivity index (χ4v) is 5.28. The zero-order valence-electron chi connectivity index (χ0n) is 19.8. The highest BCUT2D eigenvalue weighted by Gasteiger charge is 2.30. The summed E-state index contributed by atoms with van der Waals surface area (Å²) >= 11 is 7.18. The molecule has 0 unspecified atom stereocenters. The minimum atomic E-state index is -0.513. The van der Waals surface area contributed by atoms with Crippen molar-refractivity contribution in [3.05, 3.63) is 45.6 Å². The summed E-state index contributed by atoms with van der Waals surface area (Å²) in [6, 6.07) is 10.1. The Morgan fingerprint density at radius 3 is 2.60 bits per heavy atom. The van der Waals surface area contributed by atoms with Crippen LogP contribution in [0.1, 0.15) is 35.9 Å². The lowest BCUT2D eigenvalue weighted by molar-refractivity contribution is -0.125. The zero-order valence-corrected chi connectivity index (χ0v) is 21.4. The van der Waals surface area contributed by atoms with Crippen LogP contribution >= 0.6 is 22.9 Å². The molecule has 0 bridgehead atoms. The van der Waals surface area contributed by atoms with Crippen molar-refractivity contribution in [2.45, 2.75) is 32.2 Å². The molecule has 1 atom stereocenters. The van der Waals surface area contributed by atoms with E-state index in [1.807, 2.05) is 19.1 Å². The molecular weight excluding hydrogens is 488 g/mol. The van der Waals surface area contributed by atoms with Gasteiger partial charge in [0, 0.05) is 31.0 Å². The molecule has 2 N–H and O–H groups in total. The van der Waals surface area contributed by atoms with Crippen LogP contribution in [0.4, 0.5) is 11.4 Å². The molecule has 1 saturated heterocycles. The summed E-state index contributed by atoms with van der Waals surface area (Å²) in [5, 5.41) is 5.91. The number of hydrogen-bond donors (Lipinski definition) is 2. The van der Waals surface area contributed by atoms with Gasteiger partial charge in [0.2, 0.25) is 5.91 Å². The fraction of sp³-hybridized carbons (Fsp3) is 0.480. The van der Waals surface area contributed by atoms with E-state index in [1.54, 1.807) is 29.2 Å². The van der Waals surface area contributed by atoms with Gasteiger partial charge in [-0.3, -0.25) is 19.3 Å². The van der Waals surface area contributed by atoms with Crippen LogP contribution in [0.5, 0.6) is 0 Å². The monoisotopic (exact) mass is 518 g/mol. The first-order valence-electron chi connectivity index (χ1n) is 12.0.